The van der Waals surface area contributed by atoms with Gasteiger partial charge in [-0.3, -0.25) is 9.78 Å². The summed E-state index contributed by atoms with van der Waals surface area (Å²) in [6.45, 7) is 0. The van der Waals surface area contributed by atoms with Crippen molar-refractivity contribution in [1.82, 2.24) is 9.97 Å². The van der Waals surface area contributed by atoms with Crippen LogP contribution in [0.2, 0.25) is 0 Å². The van der Waals surface area contributed by atoms with E-state index < -0.39 is 5.56 Å². The second-order valence-corrected chi connectivity index (χ2v) is 1.87. The maximum Gasteiger partial charge on any atom is 0.293 e. The Kier molecular flexibility index (Phi) is 4.00. The average molecular weight is 233 g/mol. The van der Waals surface area contributed by atoms with Gasteiger partial charge in [-0.25, -0.2) is 0 Å². The number of nitrogens with one attached hydrogen (secondary N) is 2. The predicted octanol–water partition coefficient (Wildman–Crippen LogP) is 0.136. The van der Waals surface area contributed by atoms with E-state index in [1.165, 1.54) is 0 Å². The molecular weight excluding hydrogens is 229 g/mol. The van der Waals surface area contributed by atoms with Gasteiger partial charge in [0.2, 0.25) is 0 Å². The smallest absolute Gasteiger partial charge is 0.293 e. The molecule has 0 aliphatic carbocycles. The van der Waals surface area contributed by atoms with Gasteiger partial charge in [0.05, 0.1) is 6.20 Å². The summed E-state index contributed by atoms with van der Waals surface area (Å²) in [4.78, 5) is 15.1. The van der Waals surface area contributed by atoms with Crippen molar-refractivity contribution in [3.63, 3.8) is 0 Å². The molecule has 0 saturated heterocycles. The van der Waals surface area contributed by atoms with E-state index in [0.29, 0.717) is 0 Å². The van der Waals surface area contributed by atoms with Gasteiger partial charge in [0.1, 0.15) is 0 Å². The molecule has 0 unspecified atom stereocenters. The fourth-order valence-electron chi connectivity index (χ4n) is 0.403. The van der Waals surface area contributed by atoms with E-state index >= 15 is 0 Å². The summed E-state index contributed by atoms with van der Waals surface area (Å²) in [5, 5.41) is 8.62. The molecule has 0 spiro atoms. The van der Waals surface area contributed by atoms with Crippen LogP contribution in [0, 0.1) is 4.77 Å². The van der Waals surface area contributed by atoms with Gasteiger partial charge in [0.15, 0.2) is 10.5 Å². The number of H-pyrrole nitrogens is 2. The van der Waals surface area contributed by atoms with Crippen LogP contribution in [0.1, 0.15) is 0 Å². The number of aromatic amines is 2. The van der Waals surface area contributed by atoms with Crippen LogP contribution in [-0.4, -0.2) is 15.1 Å². The van der Waals surface area contributed by atoms with Crippen molar-refractivity contribution in [2.45, 2.75) is 0 Å². The Balaban J connectivity index is 0.000000810. The molecule has 1 heterocycles. The molecule has 1 radical (unpaired) electrons. The molecule has 3 N–H and O–H groups in total. The third-order valence-corrected chi connectivity index (χ3v) is 1.02. The average Bonchev–Trinajstić information content (AvgIpc) is 1.80. The summed E-state index contributed by atoms with van der Waals surface area (Å²) < 4.78 is 0.206. The van der Waals surface area contributed by atoms with Gasteiger partial charge in [-0.2, -0.15) is 0 Å². The maximum absolute atomic E-state index is 10.4. The van der Waals surface area contributed by atoms with E-state index in [9.17, 15) is 4.79 Å². The molecule has 0 aliphatic heterocycles. The van der Waals surface area contributed by atoms with E-state index in [1.807, 2.05) is 0 Å². The summed E-state index contributed by atoms with van der Waals surface area (Å²) in [5.74, 6) is -0.358. The summed E-state index contributed by atoms with van der Waals surface area (Å²) >= 11 is 4.54. The van der Waals surface area contributed by atoms with Gasteiger partial charge in [-0.15, -0.1) is 0 Å². The zero-order valence-corrected chi connectivity index (χ0v) is 8.57. The molecule has 0 fully saturated rings. The topological polar surface area (TPSA) is 68.9 Å². The molecule has 10 heavy (non-hydrogen) atoms. The molecule has 0 bridgehead atoms. The number of hydrogen-bond donors (Lipinski definition) is 3. The Morgan fingerprint density at radius 3 is 2.60 bits per heavy atom. The minimum Gasteiger partial charge on any atom is -0.502 e. The molecule has 1 aromatic rings. The van der Waals surface area contributed by atoms with Crippen LogP contribution in [0.15, 0.2) is 11.0 Å². The van der Waals surface area contributed by atoms with Gasteiger partial charge in [-0.05, 0) is 12.2 Å². The van der Waals surface area contributed by atoms with Crippen molar-refractivity contribution in [3.05, 3.63) is 21.3 Å². The molecule has 1 rings (SSSR count). The van der Waals surface area contributed by atoms with Crippen molar-refractivity contribution in [2.75, 3.05) is 0 Å². The molecule has 0 amide bonds. The fourth-order valence-corrected chi connectivity index (χ4v) is 0.554. The third kappa shape index (κ3) is 2.32. The summed E-state index contributed by atoms with van der Waals surface area (Å²) in [6, 6.07) is 0. The van der Waals surface area contributed by atoms with Crippen LogP contribution < -0.4 is 5.56 Å². The van der Waals surface area contributed by atoms with Crippen LogP contribution in [0.25, 0.3) is 0 Å². The predicted molar refractivity (Wildman–Crippen MR) is 33.9 cm³/mol. The Morgan fingerprint density at radius 2 is 2.20 bits per heavy atom. The number of rotatable bonds is 0. The molecule has 0 aliphatic rings. The molecule has 0 aromatic carbocycles. The van der Waals surface area contributed by atoms with E-state index in [4.69, 9.17) is 5.11 Å². The van der Waals surface area contributed by atoms with Gasteiger partial charge in [-0.1, -0.05) is 0 Å². The Hall–Kier alpha value is 0.00390. The first kappa shape index (κ1) is 10.0. The first-order valence-corrected chi connectivity index (χ1v) is 2.62. The normalized spacial score (nSPS) is 8.40. The molecule has 4 nitrogen and oxygen atoms in total. The zero-order valence-electron chi connectivity index (χ0n) is 4.92. The van der Waals surface area contributed by atoms with E-state index in [0.717, 1.165) is 6.20 Å². The van der Waals surface area contributed by atoms with Gasteiger partial charge >= 0.3 is 0 Å². The first-order chi connectivity index (χ1) is 4.20. The van der Waals surface area contributed by atoms with Crippen molar-refractivity contribution in [2.24, 2.45) is 0 Å². The summed E-state index contributed by atoms with van der Waals surface area (Å²) in [6.07, 6.45) is 1.14. The molecule has 51 valence electrons. The standard InChI is InChI=1S/C4H4N2O2S.Y/c7-2-1-5-4(9)6-3(2)8;/h1,7H,(H2,5,6,8,9);. The van der Waals surface area contributed by atoms with Crippen molar-refractivity contribution >= 4 is 12.2 Å². The number of aromatic hydroxyl groups is 1. The third-order valence-electron chi connectivity index (χ3n) is 0.800. The van der Waals surface area contributed by atoms with E-state index in [-0.39, 0.29) is 43.2 Å². The fraction of sp³-hybridized carbons (Fsp3) is 0. The monoisotopic (exact) mass is 233 g/mol. The molecule has 0 saturated carbocycles. The molecule has 6 heteroatoms. The minimum atomic E-state index is -0.571. The van der Waals surface area contributed by atoms with Crippen molar-refractivity contribution < 1.29 is 37.8 Å². The van der Waals surface area contributed by atoms with E-state index in [1.54, 1.807) is 0 Å². The minimum absolute atomic E-state index is 0. The van der Waals surface area contributed by atoms with Gasteiger partial charge in [0, 0.05) is 32.7 Å². The molecule has 1 aromatic heterocycles. The van der Waals surface area contributed by atoms with Crippen LogP contribution in [0.3, 0.4) is 0 Å². The van der Waals surface area contributed by atoms with Crippen molar-refractivity contribution in [1.29, 1.82) is 0 Å². The second-order valence-electron chi connectivity index (χ2n) is 1.46. The largest absolute Gasteiger partial charge is 0.502 e. The SMILES string of the molecule is O=c1[nH]c(=S)[nH]cc1O.[Y]. The quantitative estimate of drug-likeness (QED) is 0.558. The van der Waals surface area contributed by atoms with Crippen LogP contribution in [0.5, 0.6) is 5.75 Å². The second kappa shape index (κ2) is 4.00. The Bertz CT molecular complexity index is 318. The van der Waals surface area contributed by atoms with Crippen LogP contribution in [0.4, 0.5) is 0 Å². The van der Waals surface area contributed by atoms with Gasteiger partial charge in [0.25, 0.3) is 5.56 Å². The Morgan fingerprint density at radius 1 is 1.60 bits per heavy atom. The van der Waals surface area contributed by atoms with E-state index in [2.05, 4.69) is 22.2 Å². The first-order valence-electron chi connectivity index (χ1n) is 2.21. The molecule has 0 atom stereocenters. The van der Waals surface area contributed by atoms with Crippen molar-refractivity contribution in [3.8, 4) is 5.75 Å². The summed E-state index contributed by atoms with van der Waals surface area (Å²) in [5.41, 5.74) is -0.571. The van der Waals surface area contributed by atoms with Gasteiger partial charge < -0.3 is 10.1 Å². The van der Waals surface area contributed by atoms with Crippen LogP contribution >= 0.6 is 12.2 Å². The number of aromatic nitrogens is 2. The Labute approximate surface area is 86.6 Å². The maximum atomic E-state index is 10.4. The summed E-state index contributed by atoms with van der Waals surface area (Å²) in [7, 11) is 0. The number of hydrogen-bond acceptors (Lipinski definition) is 3. The van der Waals surface area contributed by atoms with Crippen LogP contribution in [-0.2, 0) is 32.7 Å². The molecular formula is C4H4N2O2SY. The zero-order chi connectivity index (χ0) is 6.85.